The standard InChI is InChI=1S/C31H28N2O/c1-2-7-23(8-3-1)14-18-33-19-15-24(16-20-33)31-27-10-4-5-11-29(27)34-30-21-25(12-13-28(30)31)26-9-6-17-32-22-26/h1-14,17-18,21-22,24,31H,15-16,19-20H2. The van der Waals surface area contributed by atoms with Crippen LogP contribution in [0.2, 0.25) is 0 Å². The number of rotatable bonds is 4. The van der Waals surface area contributed by atoms with Gasteiger partial charge in [-0.3, -0.25) is 4.98 Å². The number of likely N-dealkylation sites (tertiary alicyclic amines) is 1. The van der Waals surface area contributed by atoms with Crippen molar-refractivity contribution in [1.29, 1.82) is 0 Å². The number of pyridine rings is 1. The molecule has 3 heterocycles. The van der Waals surface area contributed by atoms with E-state index in [4.69, 9.17) is 4.74 Å². The number of aromatic nitrogens is 1. The summed E-state index contributed by atoms with van der Waals surface area (Å²) in [6.07, 6.45) is 10.5. The Bertz CT molecular complexity index is 1290. The average molecular weight is 445 g/mol. The minimum atomic E-state index is 0.364. The second kappa shape index (κ2) is 9.18. The highest BCUT2D eigenvalue weighted by Crippen LogP contribution is 2.50. The number of piperidine rings is 1. The van der Waals surface area contributed by atoms with E-state index in [1.165, 1.54) is 29.5 Å². The summed E-state index contributed by atoms with van der Waals surface area (Å²) in [6, 6.07) is 29.9. The summed E-state index contributed by atoms with van der Waals surface area (Å²) < 4.78 is 6.43. The van der Waals surface area contributed by atoms with Crippen molar-refractivity contribution in [1.82, 2.24) is 9.88 Å². The van der Waals surface area contributed by atoms with Gasteiger partial charge in [-0.1, -0.05) is 66.7 Å². The first-order valence-electron chi connectivity index (χ1n) is 12.1. The summed E-state index contributed by atoms with van der Waals surface area (Å²) in [4.78, 5) is 6.75. The zero-order valence-corrected chi connectivity index (χ0v) is 19.2. The lowest BCUT2D eigenvalue weighted by atomic mass is 9.74. The zero-order valence-electron chi connectivity index (χ0n) is 19.2. The monoisotopic (exact) mass is 444 g/mol. The van der Waals surface area contributed by atoms with E-state index in [0.717, 1.165) is 35.7 Å². The maximum atomic E-state index is 6.43. The summed E-state index contributed by atoms with van der Waals surface area (Å²) in [6.45, 7) is 2.16. The van der Waals surface area contributed by atoms with Crippen LogP contribution in [0.1, 0.15) is 35.4 Å². The van der Waals surface area contributed by atoms with Crippen molar-refractivity contribution in [2.75, 3.05) is 13.1 Å². The highest BCUT2D eigenvalue weighted by atomic mass is 16.5. The van der Waals surface area contributed by atoms with Gasteiger partial charge in [0.25, 0.3) is 0 Å². The highest BCUT2D eigenvalue weighted by molar-refractivity contribution is 5.67. The fourth-order valence-corrected chi connectivity index (χ4v) is 5.37. The third-order valence-electron chi connectivity index (χ3n) is 7.14. The third kappa shape index (κ3) is 4.10. The third-order valence-corrected chi connectivity index (χ3v) is 7.14. The van der Waals surface area contributed by atoms with Crippen LogP contribution in [-0.2, 0) is 0 Å². The Kier molecular flexibility index (Phi) is 5.60. The van der Waals surface area contributed by atoms with E-state index in [1.807, 2.05) is 18.5 Å². The summed E-state index contributed by atoms with van der Waals surface area (Å²) in [7, 11) is 0. The van der Waals surface area contributed by atoms with E-state index < -0.39 is 0 Å². The summed E-state index contributed by atoms with van der Waals surface area (Å²) in [5, 5.41) is 0. The van der Waals surface area contributed by atoms with Crippen LogP contribution in [0.5, 0.6) is 11.5 Å². The van der Waals surface area contributed by atoms with Gasteiger partial charge in [0.05, 0.1) is 0 Å². The molecule has 168 valence electrons. The molecule has 1 saturated heterocycles. The fraction of sp³-hybridized carbons (Fsp3) is 0.194. The number of fused-ring (bicyclic) bond motifs is 2. The molecular formula is C31H28N2O. The second-order valence-corrected chi connectivity index (χ2v) is 9.21. The molecule has 3 nitrogen and oxygen atoms in total. The molecule has 1 fully saturated rings. The van der Waals surface area contributed by atoms with Gasteiger partial charge in [0.15, 0.2) is 0 Å². The Morgan fingerprint density at radius 3 is 2.38 bits per heavy atom. The van der Waals surface area contributed by atoms with Gasteiger partial charge in [0, 0.05) is 48.1 Å². The largest absolute Gasteiger partial charge is 0.457 e. The fourth-order valence-electron chi connectivity index (χ4n) is 5.37. The molecule has 0 bridgehead atoms. The smallest absolute Gasteiger partial charge is 0.131 e. The number of benzene rings is 3. The predicted octanol–water partition coefficient (Wildman–Crippen LogP) is 7.37. The van der Waals surface area contributed by atoms with E-state index in [0.29, 0.717) is 11.8 Å². The van der Waals surface area contributed by atoms with Gasteiger partial charge in [-0.05, 0) is 60.4 Å². The molecule has 1 atom stereocenters. The molecule has 4 aromatic rings. The number of hydrogen-bond acceptors (Lipinski definition) is 3. The van der Waals surface area contributed by atoms with E-state index in [2.05, 4.69) is 101 Å². The Morgan fingerprint density at radius 1 is 0.765 bits per heavy atom. The predicted molar refractivity (Wildman–Crippen MR) is 138 cm³/mol. The van der Waals surface area contributed by atoms with Crippen molar-refractivity contribution in [2.45, 2.75) is 18.8 Å². The molecule has 6 rings (SSSR count). The molecule has 0 N–H and O–H groups in total. The Labute approximate surface area is 201 Å². The van der Waals surface area contributed by atoms with Gasteiger partial charge in [-0.15, -0.1) is 0 Å². The quantitative estimate of drug-likeness (QED) is 0.329. The van der Waals surface area contributed by atoms with E-state index in [9.17, 15) is 0 Å². The molecule has 0 aliphatic carbocycles. The molecule has 1 aromatic heterocycles. The van der Waals surface area contributed by atoms with Crippen molar-refractivity contribution in [3.8, 4) is 22.6 Å². The number of nitrogens with zero attached hydrogens (tertiary/aromatic N) is 2. The maximum absolute atomic E-state index is 6.43. The zero-order chi connectivity index (χ0) is 22.7. The lowest BCUT2D eigenvalue weighted by Gasteiger charge is -2.39. The topological polar surface area (TPSA) is 25.4 Å². The minimum absolute atomic E-state index is 0.364. The molecule has 3 heteroatoms. The van der Waals surface area contributed by atoms with Gasteiger partial charge in [0.1, 0.15) is 11.5 Å². The van der Waals surface area contributed by atoms with Gasteiger partial charge in [0.2, 0.25) is 0 Å². The molecular weight excluding hydrogens is 416 g/mol. The van der Waals surface area contributed by atoms with Crippen molar-refractivity contribution in [3.05, 3.63) is 120 Å². The van der Waals surface area contributed by atoms with E-state index >= 15 is 0 Å². The molecule has 0 amide bonds. The van der Waals surface area contributed by atoms with Crippen LogP contribution in [0.4, 0.5) is 0 Å². The van der Waals surface area contributed by atoms with Crippen LogP contribution in [0.15, 0.2) is 104 Å². The van der Waals surface area contributed by atoms with E-state index in [-0.39, 0.29) is 0 Å². The normalized spacial score (nSPS) is 17.8. The van der Waals surface area contributed by atoms with Gasteiger partial charge >= 0.3 is 0 Å². The van der Waals surface area contributed by atoms with Crippen molar-refractivity contribution >= 4 is 6.08 Å². The van der Waals surface area contributed by atoms with Gasteiger partial charge in [-0.25, -0.2) is 0 Å². The van der Waals surface area contributed by atoms with Crippen LogP contribution < -0.4 is 4.74 Å². The van der Waals surface area contributed by atoms with Crippen LogP contribution in [0.3, 0.4) is 0 Å². The Balaban J connectivity index is 1.26. The SMILES string of the molecule is C(=CN1CCC(C2c3ccccc3Oc3cc(-c4cccnc4)ccc32)CC1)c1ccccc1. The molecule has 0 radical (unpaired) electrons. The van der Waals surface area contributed by atoms with E-state index in [1.54, 1.807) is 0 Å². The number of ether oxygens (including phenoxy) is 1. The Morgan fingerprint density at radius 2 is 1.56 bits per heavy atom. The first-order valence-corrected chi connectivity index (χ1v) is 12.1. The molecule has 1 unspecified atom stereocenters. The van der Waals surface area contributed by atoms with Crippen LogP contribution >= 0.6 is 0 Å². The molecule has 34 heavy (non-hydrogen) atoms. The highest BCUT2D eigenvalue weighted by Gasteiger charge is 2.35. The molecule has 2 aliphatic heterocycles. The van der Waals surface area contributed by atoms with Crippen LogP contribution in [0.25, 0.3) is 17.2 Å². The number of hydrogen-bond donors (Lipinski definition) is 0. The average Bonchev–Trinajstić information content (AvgIpc) is 2.92. The van der Waals surface area contributed by atoms with Crippen LogP contribution in [0, 0.1) is 5.92 Å². The lowest BCUT2D eigenvalue weighted by molar-refractivity contribution is 0.224. The van der Waals surface area contributed by atoms with Crippen LogP contribution in [-0.4, -0.2) is 23.0 Å². The second-order valence-electron chi connectivity index (χ2n) is 9.21. The van der Waals surface area contributed by atoms with Crippen molar-refractivity contribution in [3.63, 3.8) is 0 Å². The first kappa shape index (κ1) is 20.7. The van der Waals surface area contributed by atoms with Gasteiger partial charge < -0.3 is 9.64 Å². The maximum Gasteiger partial charge on any atom is 0.131 e. The lowest BCUT2D eigenvalue weighted by Crippen LogP contribution is -2.33. The summed E-state index contributed by atoms with van der Waals surface area (Å²) >= 11 is 0. The Hall–Kier alpha value is -3.85. The van der Waals surface area contributed by atoms with Crippen molar-refractivity contribution < 1.29 is 4.74 Å². The summed E-state index contributed by atoms with van der Waals surface area (Å²) in [5.41, 5.74) is 6.14. The molecule has 3 aromatic carbocycles. The molecule has 0 saturated carbocycles. The van der Waals surface area contributed by atoms with Crippen molar-refractivity contribution in [2.24, 2.45) is 5.92 Å². The summed E-state index contributed by atoms with van der Waals surface area (Å²) in [5.74, 6) is 2.93. The minimum Gasteiger partial charge on any atom is -0.457 e. The van der Waals surface area contributed by atoms with Gasteiger partial charge in [-0.2, -0.15) is 0 Å². The first-order chi connectivity index (χ1) is 16.8. The number of para-hydroxylation sites is 1. The molecule has 2 aliphatic rings. The molecule has 0 spiro atoms.